The number of aryl methyl sites for hydroxylation is 1. The van der Waals surface area contributed by atoms with Crippen molar-refractivity contribution < 1.29 is 22.3 Å². The molecule has 0 aliphatic carbocycles. The normalized spacial score (nSPS) is 24.1. The summed E-state index contributed by atoms with van der Waals surface area (Å²) in [6.45, 7) is 1.31. The molecule has 0 fully saturated rings. The number of alkyl halides is 3. The molecule has 0 aromatic carbocycles. The van der Waals surface area contributed by atoms with Crippen LogP contribution in [-0.2, 0) is 17.1 Å². The van der Waals surface area contributed by atoms with Gasteiger partial charge in [-0.3, -0.25) is 4.68 Å². The summed E-state index contributed by atoms with van der Waals surface area (Å²) < 4.78 is 52.5. The van der Waals surface area contributed by atoms with Crippen LogP contribution in [0.2, 0.25) is 0 Å². The molecule has 0 radical (unpaired) electrons. The standard InChI is InChI=1S/C9H11ClF2N4O3S/c1-6-3-8(17,9(10,11)12)16(14-6)20(18,19)7-4-13-15(2)5-7/h4-5,17H,3H2,1-2H3/t8-/m0/s1. The minimum atomic E-state index is -4.49. The van der Waals surface area contributed by atoms with E-state index in [2.05, 4.69) is 10.2 Å². The van der Waals surface area contributed by atoms with Crippen molar-refractivity contribution in [2.45, 2.75) is 29.3 Å². The molecule has 2 rings (SSSR count). The van der Waals surface area contributed by atoms with Crippen LogP contribution in [-0.4, -0.2) is 44.5 Å². The number of nitrogens with zero attached hydrogens (tertiary/aromatic N) is 4. The molecule has 112 valence electrons. The quantitative estimate of drug-likeness (QED) is 0.828. The lowest BCUT2D eigenvalue weighted by molar-refractivity contribution is -0.175. The van der Waals surface area contributed by atoms with Crippen molar-refractivity contribution >= 4 is 27.3 Å². The number of rotatable bonds is 3. The number of aliphatic hydroxyl groups is 1. The zero-order chi connectivity index (χ0) is 15.3. The van der Waals surface area contributed by atoms with Gasteiger partial charge in [0.05, 0.1) is 6.20 Å². The molecular weight excluding hydrogens is 318 g/mol. The zero-order valence-corrected chi connectivity index (χ0v) is 12.0. The molecule has 11 heteroatoms. The maximum Gasteiger partial charge on any atom is 0.371 e. The molecule has 0 amide bonds. The Labute approximate surface area is 118 Å². The molecule has 0 spiro atoms. The second-order valence-corrected chi connectivity index (χ2v) is 6.67. The van der Waals surface area contributed by atoms with E-state index in [1.165, 1.54) is 18.7 Å². The van der Waals surface area contributed by atoms with E-state index in [0.29, 0.717) is 0 Å². The summed E-state index contributed by atoms with van der Waals surface area (Å²) in [5.74, 6) is 0. The summed E-state index contributed by atoms with van der Waals surface area (Å²) in [5.41, 5.74) is -3.13. The van der Waals surface area contributed by atoms with E-state index < -0.39 is 27.6 Å². The van der Waals surface area contributed by atoms with E-state index in [4.69, 9.17) is 11.6 Å². The first kappa shape index (κ1) is 15.1. The summed E-state index contributed by atoms with van der Waals surface area (Å²) in [5, 5.41) is 12.9. The highest BCUT2D eigenvalue weighted by molar-refractivity contribution is 7.89. The van der Waals surface area contributed by atoms with Gasteiger partial charge >= 0.3 is 5.38 Å². The van der Waals surface area contributed by atoms with E-state index in [1.54, 1.807) is 0 Å². The first-order valence-electron chi connectivity index (χ1n) is 5.36. The van der Waals surface area contributed by atoms with Gasteiger partial charge in [0.2, 0.25) is 0 Å². The van der Waals surface area contributed by atoms with Crippen LogP contribution in [0.1, 0.15) is 13.3 Å². The maximum atomic E-state index is 13.4. The fourth-order valence-electron chi connectivity index (χ4n) is 1.79. The van der Waals surface area contributed by atoms with Crippen LogP contribution >= 0.6 is 11.6 Å². The number of halogens is 3. The van der Waals surface area contributed by atoms with Gasteiger partial charge < -0.3 is 5.11 Å². The lowest BCUT2D eigenvalue weighted by Crippen LogP contribution is -2.55. The Hall–Kier alpha value is -1.26. The molecule has 0 bridgehead atoms. The highest BCUT2D eigenvalue weighted by Gasteiger charge is 2.62. The van der Waals surface area contributed by atoms with Gasteiger partial charge in [-0.25, -0.2) is 0 Å². The molecule has 7 nitrogen and oxygen atoms in total. The largest absolute Gasteiger partial charge is 0.371 e. The van der Waals surface area contributed by atoms with Crippen molar-refractivity contribution in [2.75, 3.05) is 0 Å². The van der Waals surface area contributed by atoms with Gasteiger partial charge in [-0.2, -0.15) is 27.4 Å². The van der Waals surface area contributed by atoms with Crippen LogP contribution in [0.15, 0.2) is 22.4 Å². The van der Waals surface area contributed by atoms with Crippen LogP contribution in [0.4, 0.5) is 8.78 Å². The molecular formula is C9H11ClF2N4O3S. The van der Waals surface area contributed by atoms with Crippen molar-refractivity contribution in [2.24, 2.45) is 12.1 Å². The maximum absolute atomic E-state index is 13.4. The fourth-order valence-corrected chi connectivity index (χ4v) is 3.48. The summed E-state index contributed by atoms with van der Waals surface area (Å²) in [7, 11) is -3.04. The topological polar surface area (TPSA) is 87.8 Å². The average Bonchev–Trinajstić information content (AvgIpc) is 2.83. The fraction of sp³-hybridized carbons (Fsp3) is 0.556. The Morgan fingerprint density at radius 3 is 2.60 bits per heavy atom. The Balaban J connectivity index is 2.55. The van der Waals surface area contributed by atoms with Gasteiger partial charge in [0.15, 0.2) is 0 Å². The van der Waals surface area contributed by atoms with E-state index >= 15 is 0 Å². The van der Waals surface area contributed by atoms with Gasteiger partial charge in [0.25, 0.3) is 15.7 Å². The molecule has 1 atom stereocenters. The molecule has 0 unspecified atom stereocenters. The van der Waals surface area contributed by atoms with Gasteiger partial charge in [0, 0.05) is 25.4 Å². The van der Waals surface area contributed by atoms with Gasteiger partial charge in [-0.15, -0.1) is 4.41 Å². The van der Waals surface area contributed by atoms with Crippen LogP contribution in [0.5, 0.6) is 0 Å². The van der Waals surface area contributed by atoms with Crippen LogP contribution in [0.25, 0.3) is 0 Å². The molecule has 2 heterocycles. The van der Waals surface area contributed by atoms with Crippen molar-refractivity contribution in [1.29, 1.82) is 0 Å². The SMILES string of the molecule is CC1=NN(S(=O)(=O)c2cnn(C)c2)[C@@](O)(C(F)(F)Cl)C1. The predicted molar refractivity (Wildman–Crippen MR) is 65.7 cm³/mol. The number of hydrogen-bond donors (Lipinski definition) is 1. The Kier molecular flexibility index (Phi) is 3.30. The third-order valence-corrected chi connectivity index (χ3v) is 4.69. The Bertz CT molecular complexity index is 669. The summed E-state index contributed by atoms with van der Waals surface area (Å²) in [6.07, 6.45) is 1.37. The van der Waals surface area contributed by atoms with Crippen LogP contribution in [0.3, 0.4) is 0 Å². The highest BCUT2D eigenvalue weighted by Crippen LogP contribution is 2.44. The van der Waals surface area contributed by atoms with Crippen molar-refractivity contribution in [3.8, 4) is 0 Å². The minimum Gasteiger partial charge on any atom is -0.363 e. The van der Waals surface area contributed by atoms with Crippen LogP contribution < -0.4 is 0 Å². The first-order chi connectivity index (χ1) is 8.98. The second-order valence-electron chi connectivity index (χ2n) is 4.42. The summed E-state index contributed by atoms with van der Waals surface area (Å²) in [6, 6.07) is 0. The smallest absolute Gasteiger partial charge is 0.363 e. The molecule has 0 saturated heterocycles. The van der Waals surface area contributed by atoms with E-state index in [1.807, 2.05) is 0 Å². The zero-order valence-electron chi connectivity index (χ0n) is 10.5. The number of sulfonamides is 1. The Morgan fingerprint density at radius 1 is 1.55 bits per heavy atom. The van der Waals surface area contributed by atoms with Crippen molar-refractivity contribution in [3.63, 3.8) is 0 Å². The number of hydrogen-bond acceptors (Lipinski definition) is 5. The summed E-state index contributed by atoms with van der Waals surface area (Å²) >= 11 is 4.86. The third kappa shape index (κ3) is 2.17. The first-order valence-corrected chi connectivity index (χ1v) is 7.17. The number of hydrazone groups is 1. The average molecular weight is 329 g/mol. The molecule has 20 heavy (non-hydrogen) atoms. The van der Waals surface area contributed by atoms with E-state index in [9.17, 15) is 22.3 Å². The third-order valence-electron chi connectivity index (χ3n) is 2.74. The monoisotopic (exact) mass is 328 g/mol. The molecule has 1 aromatic heterocycles. The van der Waals surface area contributed by atoms with Gasteiger partial charge in [0.1, 0.15) is 4.90 Å². The van der Waals surface area contributed by atoms with Gasteiger partial charge in [-0.05, 0) is 18.5 Å². The molecule has 1 aromatic rings. The van der Waals surface area contributed by atoms with Crippen LogP contribution in [0, 0.1) is 0 Å². The predicted octanol–water partition coefficient (Wildman–Crippen LogP) is 0.711. The second kappa shape index (κ2) is 4.37. The van der Waals surface area contributed by atoms with Crippen molar-refractivity contribution in [1.82, 2.24) is 14.2 Å². The van der Waals surface area contributed by atoms with E-state index in [-0.39, 0.29) is 15.0 Å². The lowest BCUT2D eigenvalue weighted by Gasteiger charge is -2.33. The molecule has 0 saturated carbocycles. The van der Waals surface area contributed by atoms with Crippen molar-refractivity contribution in [3.05, 3.63) is 12.4 Å². The molecule has 1 aliphatic heterocycles. The van der Waals surface area contributed by atoms with E-state index in [0.717, 1.165) is 12.4 Å². The number of aromatic nitrogens is 2. The lowest BCUT2D eigenvalue weighted by atomic mass is 10.1. The minimum absolute atomic E-state index is 0.0142. The summed E-state index contributed by atoms with van der Waals surface area (Å²) in [4.78, 5) is -0.377. The molecule has 1 N–H and O–H groups in total. The molecule has 1 aliphatic rings. The highest BCUT2D eigenvalue weighted by atomic mass is 35.5. The Morgan fingerprint density at radius 2 is 2.15 bits per heavy atom. The van der Waals surface area contributed by atoms with Gasteiger partial charge in [-0.1, -0.05) is 0 Å².